The summed E-state index contributed by atoms with van der Waals surface area (Å²) in [6, 6.07) is 9.69. The molecule has 0 aliphatic carbocycles. The molecule has 4 N–H and O–H groups in total. The van der Waals surface area contributed by atoms with E-state index < -0.39 is 0 Å². The molecule has 1 aromatic carbocycles. The monoisotopic (exact) mass is 189 g/mol. The molecular formula is C9H11N5. The van der Waals surface area contributed by atoms with Crippen LogP contribution in [0, 0.1) is 0 Å². The van der Waals surface area contributed by atoms with Crippen molar-refractivity contribution in [2.45, 2.75) is 6.17 Å². The Bertz CT molecular complexity index is 370. The highest BCUT2D eigenvalue weighted by Crippen LogP contribution is 2.19. The number of rotatable bonds is 1. The first-order valence-electron chi connectivity index (χ1n) is 4.23. The Labute approximate surface area is 81.7 Å². The molecule has 0 aromatic heterocycles. The van der Waals surface area contributed by atoms with Gasteiger partial charge in [-0.2, -0.15) is 0 Å². The van der Waals surface area contributed by atoms with Gasteiger partial charge in [0.05, 0.1) is 0 Å². The molecule has 5 heteroatoms. The zero-order valence-electron chi connectivity index (χ0n) is 7.54. The second-order valence-corrected chi connectivity index (χ2v) is 2.96. The van der Waals surface area contributed by atoms with E-state index in [1.54, 1.807) is 0 Å². The van der Waals surface area contributed by atoms with Gasteiger partial charge in [-0.15, -0.1) is 0 Å². The molecule has 1 heterocycles. The van der Waals surface area contributed by atoms with Crippen molar-refractivity contribution in [2.75, 3.05) is 0 Å². The zero-order chi connectivity index (χ0) is 9.97. The van der Waals surface area contributed by atoms with Crippen LogP contribution in [0.3, 0.4) is 0 Å². The van der Waals surface area contributed by atoms with Gasteiger partial charge in [-0.25, -0.2) is 15.8 Å². The van der Waals surface area contributed by atoms with Crippen molar-refractivity contribution in [2.24, 2.45) is 21.6 Å². The predicted octanol–water partition coefficient (Wildman–Crippen LogP) is 0.218. The molecule has 5 nitrogen and oxygen atoms in total. The maximum absolute atomic E-state index is 5.69. The number of nitrogens with two attached hydrogens (primary N) is 2. The molecule has 1 aromatic rings. The first-order chi connectivity index (χ1) is 6.77. The Hall–Kier alpha value is -1.88. The van der Waals surface area contributed by atoms with Gasteiger partial charge in [0, 0.05) is 0 Å². The minimum Gasteiger partial charge on any atom is -0.368 e. The molecule has 0 bridgehead atoms. The van der Waals surface area contributed by atoms with Gasteiger partial charge < -0.3 is 5.73 Å². The van der Waals surface area contributed by atoms with E-state index >= 15 is 0 Å². The highest BCUT2D eigenvalue weighted by molar-refractivity contribution is 5.87. The summed E-state index contributed by atoms with van der Waals surface area (Å²) in [6.45, 7) is 0. The number of guanidine groups is 1. The maximum atomic E-state index is 5.69. The van der Waals surface area contributed by atoms with Gasteiger partial charge in [0.15, 0.2) is 6.17 Å². The molecule has 72 valence electrons. The van der Waals surface area contributed by atoms with Gasteiger partial charge in [-0.3, -0.25) is 5.01 Å². The highest BCUT2D eigenvalue weighted by atomic mass is 15.5. The zero-order valence-corrected chi connectivity index (χ0v) is 7.54. The van der Waals surface area contributed by atoms with Gasteiger partial charge in [0.25, 0.3) is 0 Å². The highest BCUT2D eigenvalue weighted by Gasteiger charge is 2.17. The van der Waals surface area contributed by atoms with Crippen molar-refractivity contribution in [3.63, 3.8) is 0 Å². The van der Waals surface area contributed by atoms with Crippen molar-refractivity contribution in [3.8, 4) is 0 Å². The molecule has 0 radical (unpaired) electrons. The van der Waals surface area contributed by atoms with Gasteiger partial charge in [-0.1, -0.05) is 30.3 Å². The van der Waals surface area contributed by atoms with Crippen molar-refractivity contribution >= 4 is 12.3 Å². The Morgan fingerprint density at radius 3 is 2.64 bits per heavy atom. The van der Waals surface area contributed by atoms with E-state index in [0.717, 1.165) is 5.56 Å². The smallest absolute Gasteiger partial charge is 0.219 e. The van der Waals surface area contributed by atoms with Crippen molar-refractivity contribution in [3.05, 3.63) is 35.9 Å². The minimum absolute atomic E-state index is 0.251. The third-order valence-electron chi connectivity index (χ3n) is 1.96. The fourth-order valence-corrected chi connectivity index (χ4v) is 1.29. The Balaban J connectivity index is 2.31. The number of hydrogen-bond acceptors (Lipinski definition) is 5. The normalized spacial score (nSPS) is 20.8. The van der Waals surface area contributed by atoms with E-state index in [2.05, 4.69) is 9.98 Å². The van der Waals surface area contributed by atoms with E-state index in [1.807, 2.05) is 30.3 Å². The lowest BCUT2D eigenvalue weighted by Crippen LogP contribution is -2.37. The summed E-state index contributed by atoms with van der Waals surface area (Å²) in [5.41, 5.74) is 6.48. The SMILES string of the molecule is NC1=NC(c2ccccc2)N(N)C=N1. The number of hydrazine groups is 1. The lowest BCUT2D eigenvalue weighted by Gasteiger charge is -2.24. The fourth-order valence-electron chi connectivity index (χ4n) is 1.29. The molecule has 0 saturated carbocycles. The van der Waals surface area contributed by atoms with E-state index in [0.29, 0.717) is 0 Å². The molecule has 2 rings (SSSR count). The minimum atomic E-state index is -0.270. The van der Waals surface area contributed by atoms with Crippen LogP contribution in [0.25, 0.3) is 0 Å². The second-order valence-electron chi connectivity index (χ2n) is 2.96. The summed E-state index contributed by atoms with van der Waals surface area (Å²) in [5.74, 6) is 5.95. The average Bonchev–Trinajstić information content (AvgIpc) is 2.23. The quantitative estimate of drug-likeness (QED) is 0.620. The molecule has 14 heavy (non-hydrogen) atoms. The summed E-state index contributed by atoms with van der Waals surface area (Å²) < 4.78 is 0. The molecule has 0 amide bonds. The van der Waals surface area contributed by atoms with Crippen molar-refractivity contribution in [1.29, 1.82) is 0 Å². The van der Waals surface area contributed by atoms with Crippen LogP contribution in [-0.2, 0) is 0 Å². The van der Waals surface area contributed by atoms with Crippen LogP contribution in [0.4, 0.5) is 0 Å². The van der Waals surface area contributed by atoms with Gasteiger partial charge in [-0.05, 0) is 5.56 Å². The lowest BCUT2D eigenvalue weighted by atomic mass is 10.2. The van der Waals surface area contributed by atoms with Gasteiger partial charge in [0.1, 0.15) is 6.34 Å². The molecule has 0 saturated heterocycles. The summed E-state index contributed by atoms with van der Waals surface area (Å²) in [4.78, 5) is 7.92. The molecule has 0 spiro atoms. The Kier molecular flexibility index (Phi) is 2.16. The molecule has 1 aliphatic heterocycles. The third-order valence-corrected chi connectivity index (χ3v) is 1.96. The van der Waals surface area contributed by atoms with Gasteiger partial charge >= 0.3 is 0 Å². The molecule has 1 atom stereocenters. The van der Waals surface area contributed by atoms with Crippen LogP contribution < -0.4 is 11.6 Å². The summed E-state index contributed by atoms with van der Waals surface area (Å²) in [6.07, 6.45) is 1.20. The van der Waals surface area contributed by atoms with E-state index in [1.165, 1.54) is 11.3 Å². The van der Waals surface area contributed by atoms with Crippen LogP contribution in [-0.4, -0.2) is 17.3 Å². The molecule has 1 aliphatic rings. The molecular weight excluding hydrogens is 178 g/mol. The van der Waals surface area contributed by atoms with Crippen LogP contribution in [0.15, 0.2) is 40.3 Å². The summed E-state index contributed by atoms with van der Waals surface area (Å²) in [7, 11) is 0. The molecule has 1 unspecified atom stereocenters. The Morgan fingerprint density at radius 2 is 1.93 bits per heavy atom. The van der Waals surface area contributed by atoms with Crippen molar-refractivity contribution < 1.29 is 0 Å². The van der Waals surface area contributed by atoms with E-state index in [-0.39, 0.29) is 12.1 Å². The summed E-state index contributed by atoms with van der Waals surface area (Å²) in [5, 5.41) is 1.42. The number of benzene rings is 1. The lowest BCUT2D eigenvalue weighted by molar-refractivity contribution is 0.342. The second kappa shape index (κ2) is 3.47. The van der Waals surface area contributed by atoms with Gasteiger partial charge in [0.2, 0.25) is 5.96 Å². The molecule has 0 fully saturated rings. The standard InChI is InChI=1S/C9H11N5/c10-9-12-6-14(11)8(13-9)7-4-2-1-3-5-7/h1-6,8H,11H2,(H2,10,13). The van der Waals surface area contributed by atoms with E-state index in [4.69, 9.17) is 11.6 Å². The topological polar surface area (TPSA) is 80.0 Å². The number of nitrogens with zero attached hydrogens (tertiary/aromatic N) is 3. The fraction of sp³-hybridized carbons (Fsp3) is 0.111. The van der Waals surface area contributed by atoms with Crippen LogP contribution in [0.1, 0.15) is 11.7 Å². The predicted molar refractivity (Wildman–Crippen MR) is 55.3 cm³/mol. The number of hydrogen-bond donors (Lipinski definition) is 2. The third kappa shape index (κ3) is 1.57. The maximum Gasteiger partial charge on any atom is 0.219 e. The summed E-state index contributed by atoms with van der Waals surface area (Å²) >= 11 is 0. The Morgan fingerprint density at radius 1 is 1.21 bits per heavy atom. The first kappa shape index (κ1) is 8.71. The van der Waals surface area contributed by atoms with Crippen molar-refractivity contribution in [1.82, 2.24) is 5.01 Å². The number of aliphatic imine (C=N–C) groups is 2. The van der Waals surface area contributed by atoms with Crippen LogP contribution in [0.5, 0.6) is 0 Å². The van der Waals surface area contributed by atoms with Crippen LogP contribution >= 0.6 is 0 Å². The largest absolute Gasteiger partial charge is 0.368 e. The van der Waals surface area contributed by atoms with Crippen LogP contribution in [0.2, 0.25) is 0 Å². The van der Waals surface area contributed by atoms with E-state index in [9.17, 15) is 0 Å². The average molecular weight is 189 g/mol. The first-order valence-corrected chi connectivity index (χ1v) is 4.23.